The molecule has 0 aliphatic heterocycles. The zero-order chi connectivity index (χ0) is 14.9. The van der Waals surface area contributed by atoms with Crippen LogP contribution < -0.4 is 5.32 Å². The highest BCUT2D eigenvalue weighted by Gasteiger charge is 2.17. The fraction of sp³-hybridized carbons (Fsp3) is 0. The lowest BCUT2D eigenvalue weighted by Crippen LogP contribution is -2.12. The number of aromatic carboxylic acids is 1. The van der Waals surface area contributed by atoms with E-state index in [0.29, 0.717) is 6.07 Å². The first kappa shape index (κ1) is 14.6. The molecular formula is C12H6BrF2NO3S. The van der Waals surface area contributed by atoms with Crippen molar-refractivity contribution in [1.82, 2.24) is 0 Å². The molecule has 1 aromatic heterocycles. The zero-order valence-electron chi connectivity index (χ0n) is 9.62. The van der Waals surface area contributed by atoms with Crippen molar-refractivity contribution in [1.29, 1.82) is 0 Å². The summed E-state index contributed by atoms with van der Waals surface area (Å²) in [5, 5.41) is 11.0. The number of amides is 1. The van der Waals surface area contributed by atoms with Gasteiger partial charge in [0.15, 0.2) is 5.82 Å². The van der Waals surface area contributed by atoms with E-state index in [2.05, 4.69) is 21.2 Å². The predicted octanol–water partition coefficient (Wildman–Crippen LogP) is 3.74. The van der Waals surface area contributed by atoms with Crippen LogP contribution in [0.5, 0.6) is 0 Å². The van der Waals surface area contributed by atoms with Crippen LogP contribution in [0.2, 0.25) is 0 Å². The average molecular weight is 362 g/mol. The van der Waals surface area contributed by atoms with Crippen LogP contribution in [0.1, 0.15) is 19.3 Å². The largest absolute Gasteiger partial charge is 0.477 e. The topological polar surface area (TPSA) is 66.4 Å². The van der Waals surface area contributed by atoms with Gasteiger partial charge >= 0.3 is 5.97 Å². The third-order valence-electron chi connectivity index (χ3n) is 2.29. The Morgan fingerprint density at radius 1 is 1.20 bits per heavy atom. The molecule has 2 aromatic rings. The van der Waals surface area contributed by atoms with Crippen molar-refractivity contribution in [2.45, 2.75) is 0 Å². The summed E-state index contributed by atoms with van der Waals surface area (Å²) < 4.78 is 26.5. The van der Waals surface area contributed by atoms with Crippen LogP contribution in [0.4, 0.5) is 14.5 Å². The molecule has 0 aliphatic carbocycles. The Hall–Kier alpha value is -1.80. The van der Waals surface area contributed by atoms with Gasteiger partial charge in [-0.05, 0) is 34.1 Å². The van der Waals surface area contributed by atoms with Crippen LogP contribution in [0, 0.1) is 11.6 Å². The molecule has 0 unspecified atom stereocenters. The summed E-state index contributed by atoms with van der Waals surface area (Å²) in [4.78, 5) is 22.7. The van der Waals surface area contributed by atoms with Crippen molar-refractivity contribution in [3.8, 4) is 0 Å². The fourth-order valence-electron chi connectivity index (χ4n) is 1.41. The van der Waals surface area contributed by atoms with Crippen LogP contribution >= 0.6 is 27.3 Å². The highest BCUT2D eigenvalue weighted by Crippen LogP contribution is 2.28. The van der Waals surface area contributed by atoms with E-state index < -0.39 is 23.5 Å². The van der Waals surface area contributed by atoms with Gasteiger partial charge in [0.25, 0.3) is 5.91 Å². The number of thiophene rings is 1. The number of carboxylic acid groups (broad SMARTS) is 1. The molecule has 1 amide bonds. The molecule has 1 heterocycles. The van der Waals surface area contributed by atoms with Gasteiger partial charge in [0.2, 0.25) is 0 Å². The summed E-state index contributed by atoms with van der Waals surface area (Å²) >= 11 is 3.70. The van der Waals surface area contributed by atoms with Crippen molar-refractivity contribution in [3.63, 3.8) is 0 Å². The Bertz CT molecular complexity index is 679. The quantitative estimate of drug-likeness (QED) is 0.874. The second-order valence-corrected chi connectivity index (χ2v) is 5.61. The molecule has 1 aromatic carbocycles. The highest BCUT2D eigenvalue weighted by atomic mass is 79.9. The smallest absolute Gasteiger partial charge is 0.345 e. The van der Waals surface area contributed by atoms with E-state index >= 15 is 0 Å². The number of anilines is 1. The minimum Gasteiger partial charge on any atom is -0.477 e. The molecule has 0 radical (unpaired) electrons. The number of nitrogens with one attached hydrogen (secondary N) is 1. The molecule has 0 spiro atoms. The number of benzene rings is 1. The van der Waals surface area contributed by atoms with Gasteiger partial charge in [-0.2, -0.15) is 0 Å². The Morgan fingerprint density at radius 3 is 2.40 bits per heavy atom. The van der Waals surface area contributed by atoms with Gasteiger partial charge in [-0.3, -0.25) is 4.79 Å². The van der Waals surface area contributed by atoms with Gasteiger partial charge < -0.3 is 10.4 Å². The second kappa shape index (κ2) is 5.68. The number of carbonyl (C=O) groups excluding carboxylic acids is 1. The van der Waals surface area contributed by atoms with E-state index in [0.717, 1.165) is 17.4 Å². The molecule has 0 fully saturated rings. The summed E-state index contributed by atoms with van der Waals surface area (Å²) in [6.45, 7) is 0. The number of rotatable bonds is 3. The highest BCUT2D eigenvalue weighted by molar-refractivity contribution is 9.10. The number of hydrogen-bond acceptors (Lipinski definition) is 3. The SMILES string of the molecule is O=C(O)c1ccc(C(=O)Nc2c(F)cc(F)cc2Br)s1. The zero-order valence-corrected chi connectivity index (χ0v) is 12.0. The third kappa shape index (κ3) is 3.02. The maximum atomic E-state index is 13.5. The molecule has 0 saturated carbocycles. The van der Waals surface area contributed by atoms with Crippen LogP contribution in [0.15, 0.2) is 28.7 Å². The lowest BCUT2D eigenvalue weighted by atomic mass is 10.3. The Kier molecular flexibility index (Phi) is 4.15. The monoisotopic (exact) mass is 361 g/mol. The summed E-state index contributed by atoms with van der Waals surface area (Å²) in [5.41, 5.74) is -0.207. The maximum absolute atomic E-state index is 13.5. The number of carbonyl (C=O) groups is 2. The first-order valence-electron chi connectivity index (χ1n) is 5.17. The Morgan fingerprint density at radius 2 is 1.85 bits per heavy atom. The van der Waals surface area contributed by atoms with Crippen LogP contribution in [-0.2, 0) is 0 Å². The van der Waals surface area contributed by atoms with E-state index in [4.69, 9.17) is 5.11 Å². The minimum atomic E-state index is -1.15. The van der Waals surface area contributed by atoms with Crippen molar-refractivity contribution < 1.29 is 23.5 Å². The van der Waals surface area contributed by atoms with E-state index in [1.165, 1.54) is 12.1 Å². The van der Waals surface area contributed by atoms with Crippen molar-refractivity contribution in [2.24, 2.45) is 0 Å². The molecule has 0 atom stereocenters. The molecule has 4 nitrogen and oxygen atoms in total. The Balaban J connectivity index is 2.25. The van der Waals surface area contributed by atoms with Gasteiger partial charge in [-0.25, -0.2) is 13.6 Å². The molecule has 20 heavy (non-hydrogen) atoms. The maximum Gasteiger partial charge on any atom is 0.345 e. The van der Waals surface area contributed by atoms with Gasteiger partial charge in [-0.1, -0.05) is 0 Å². The molecule has 2 rings (SSSR count). The summed E-state index contributed by atoms with van der Waals surface area (Å²) in [7, 11) is 0. The van der Waals surface area contributed by atoms with Gasteiger partial charge in [0.1, 0.15) is 10.7 Å². The molecule has 0 saturated heterocycles. The minimum absolute atomic E-state index is 0.00575. The van der Waals surface area contributed by atoms with Gasteiger partial charge in [-0.15, -0.1) is 11.3 Å². The molecule has 0 bridgehead atoms. The van der Waals surface area contributed by atoms with Crippen LogP contribution in [0.3, 0.4) is 0 Å². The molecular weight excluding hydrogens is 356 g/mol. The first-order valence-corrected chi connectivity index (χ1v) is 6.78. The first-order chi connectivity index (χ1) is 9.38. The van der Waals surface area contributed by atoms with Crippen molar-refractivity contribution in [3.05, 3.63) is 50.1 Å². The van der Waals surface area contributed by atoms with E-state index in [1.54, 1.807) is 0 Å². The number of carboxylic acids is 1. The van der Waals surface area contributed by atoms with Crippen molar-refractivity contribution >= 4 is 44.8 Å². The van der Waals surface area contributed by atoms with Crippen LogP contribution in [0.25, 0.3) is 0 Å². The average Bonchev–Trinajstić information content (AvgIpc) is 2.83. The van der Waals surface area contributed by atoms with E-state index in [9.17, 15) is 18.4 Å². The molecule has 8 heteroatoms. The molecule has 2 N–H and O–H groups in total. The molecule has 0 aliphatic rings. The number of halogens is 3. The summed E-state index contributed by atoms with van der Waals surface area (Å²) in [6.07, 6.45) is 0. The summed E-state index contributed by atoms with van der Waals surface area (Å²) in [6, 6.07) is 4.24. The van der Waals surface area contributed by atoms with E-state index in [-0.39, 0.29) is 19.9 Å². The second-order valence-electron chi connectivity index (χ2n) is 3.67. The standard InChI is InChI=1S/C12H6BrF2NO3S/c13-6-3-5(14)4-7(15)10(6)16-11(17)8-1-2-9(20-8)12(18)19/h1-4H,(H,16,17)(H,18,19). The Labute approximate surface area is 124 Å². The van der Waals surface area contributed by atoms with Gasteiger partial charge in [0.05, 0.1) is 10.6 Å². The van der Waals surface area contributed by atoms with Crippen LogP contribution in [-0.4, -0.2) is 17.0 Å². The summed E-state index contributed by atoms with van der Waals surface area (Å²) in [5.74, 6) is -3.53. The van der Waals surface area contributed by atoms with E-state index in [1.807, 2.05) is 0 Å². The normalized spacial score (nSPS) is 10.3. The number of hydrogen-bond donors (Lipinski definition) is 2. The molecule has 104 valence electrons. The lowest BCUT2D eigenvalue weighted by molar-refractivity contribution is 0.0702. The third-order valence-corrected chi connectivity index (χ3v) is 3.98. The lowest BCUT2D eigenvalue weighted by Gasteiger charge is -2.07. The fourth-order valence-corrected chi connectivity index (χ4v) is 2.66. The predicted molar refractivity (Wildman–Crippen MR) is 73.3 cm³/mol. The van der Waals surface area contributed by atoms with Crippen molar-refractivity contribution in [2.75, 3.05) is 5.32 Å². The van der Waals surface area contributed by atoms with Gasteiger partial charge in [0, 0.05) is 10.5 Å².